The number of carboxylic acids is 1. The van der Waals surface area contributed by atoms with Crippen molar-refractivity contribution in [3.05, 3.63) is 30.5 Å². The Hall–Kier alpha value is -2.64. The zero-order valence-corrected chi connectivity index (χ0v) is 32.2. The standard InChI is InChI=1S/C42H64N2O6/c1-26(2)27-12-17-42(22-32(45)44-25-33-43-20-21-49-33)19-18-40(8)28(36(27)42)10-11-30-39(7)15-14-31(38(5,6)29(39)13-16-41(30,40)9)50-35(48)24-37(3,4)23-34(46)47/h20-21,27-31,36H,1,10-19,22-25H2,2-9H3,(H,44,45)(H,46,47)/t27-,28+,29-,30+,31-,36+,39-,40+,41+,42+/m0/s1. The van der Waals surface area contributed by atoms with Crippen LogP contribution in [0, 0.1) is 62.1 Å². The van der Waals surface area contributed by atoms with E-state index in [4.69, 9.17) is 9.15 Å². The van der Waals surface area contributed by atoms with Crippen molar-refractivity contribution in [3.8, 4) is 0 Å². The second-order valence-corrected chi connectivity index (χ2v) is 19.7. The summed E-state index contributed by atoms with van der Waals surface area (Å²) in [4.78, 5) is 42.3. The van der Waals surface area contributed by atoms with E-state index in [-0.39, 0.29) is 57.9 Å². The highest BCUT2D eigenvalue weighted by atomic mass is 16.5. The van der Waals surface area contributed by atoms with E-state index in [9.17, 15) is 19.5 Å². The number of nitrogens with one attached hydrogen (secondary N) is 1. The van der Waals surface area contributed by atoms with Crippen LogP contribution >= 0.6 is 0 Å². The lowest BCUT2D eigenvalue weighted by molar-refractivity contribution is -0.250. The van der Waals surface area contributed by atoms with Crippen LogP contribution < -0.4 is 5.32 Å². The summed E-state index contributed by atoms with van der Waals surface area (Å²) in [6.07, 6.45) is 14.7. The molecule has 0 saturated heterocycles. The van der Waals surface area contributed by atoms with Gasteiger partial charge in [-0.1, -0.05) is 60.6 Å². The molecular weight excluding hydrogens is 628 g/mol. The number of fused-ring (bicyclic) bond motifs is 7. The lowest BCUT2D eigenvalue weighted by Gasteiger charge is -2.73. The summed E-state index contributed by atoms with van der Waals surface area (Å²) in [5.41, 5.74) is 0.977. The quantitative estimate of drug-likeness (QED) is 0.185. The molecule has 5 fully saturated rings. The van der Waals surface area contributed by atoms with Crippen LogP contribution in [-0.2, 0) is 25.7 Å². The van der Waals surface area contributed by atoms with Crippen LogP contribution in [0.2, 0.25) is 0 Å². The molecule has 1 heterocycles. The molecule has 2 N–H and O–H groups in total. The van der Waals surface area contributed by atoms with E-state index < -0.39 is 11.4 Å². The van der Waals surface area contributed by atoms with Gasteiger partial charge in [0.1, 0.15) is 12.4 Å². The first kappa shape index (κ1) is 37.1. The molecule has 8 heteroatoms. The van der Waals surface area contributed by atoms with E-state index in [0.717, 1.165) is 44.9 Å². The molecular formula is C42H64N2O6. The van der Waals surface area contributed by atoms with Crippen molar-refractivity contribution in [2.45, 2.75) is 152 Å². The van der Waals surface area contributed by atoms with Gasteiger partial charge in [-0.05, 0) is 128 Å². The highest BCUT2D eigenvalue weighted by molar-refractivity contribution is 5.77. The van der Waals surface area contributed by atoms with Crippen LogP contribution in [0.4, 0.5) is 0 Å². The molecule has 5 aliphatic rings. The summed E-state index contributed by atoms with van der Waals surface area (Å²) in [5.74, 6) is 1.99. The minimum Gasteiger partial charge on any atom is -0.481 e. The number of esters is 1. The van der Waals surface area contributed by atoms with Crippen molar-refractivity contribution in [2.75, 3.05) is 0 Å². The number of allylic oxidation sites excluding steroid dienone is 1. The Bertz CT molecular complexity index is 1480. The van der Waals surface area contributed by atoms with E-state index in [1.807, 2.05) is 13.8 Å². The third-order valence-electron chi connectivity index (χ3n) is 16.1. The van der Waals surface area contributed by atoms with Gasteiger partial charge in [-0.15, -0.1) is 0 Å². The van der Waals surface area contributed by atoms with Crippen LogP contribution in [0.3, 0.4) is 0 Å². The molecule has 0 aliphatic heterocycles. The van der Waals surface area contributed by atoms with Gasteiger partial charge in [-0.3, -0.25) is 14.4 Å². The smallest absolute Gasteiger partial charge is 0.306 e. The third kappa shape index (κ3) is 6.06. The van der Waals surface area contributed by atoms with Crippen molar-refractivity contribution < 1.29 is 28.6 Å². The van der Waals surface area contributed by atoms with Crippen LogP contribution in [0.15, 0.2) is 29.0 Å². The number of carbonyl (C=O) groups is 3. The molecule has 0 bridgehead atoms. The minimum atomic E-state index is -0.888. The Morgan fingerprint density at radius 3 is 2.36 bits per heavy atom. The predicted molar refractivity (Wildman–Crippen MR) is 192 cm³/mol. The highest BCUT2D eigenvalue weighted by Gasteiger charge is 2.71. The highest BCUT2D eigenvalue weighted by Crippen LogP contribution is 2.78. The number of aromatic nitrogens is 1. The first-order valence-corrected chi connectivity index (χ1v) is 19.5. The second-order valence-electron chi connectivity index (χ2n) is 19.7. The number of amides is 1. The summed E-state index contributed by atoms with van der Waals surface area (Å²) in [7, 11) is 0. The topological polar surface area (TPSA) is 119 Å². The first-order valence-electron chi connectivity index (χ1n) is 19.5. The molecule has 1 aromatic heterocycles. The Labute approximate surface area is 300 Å². The van der Waals surface area contributed by atoms with Crippen molar-refractivity contribution in [3.63, 3.8) is 0 Å². The van der Waals surface area contributed by atoms with Gasteiger partial charge >= 0.3 is 11.9 Å². The Balaban J connectivity index is 1.22. The fourth-order valence-corrected chi connectivity index (χ4v) is 13.7. The van der Waals surface area contributed by atoms with E-state index in [0.29, 0.717) is 48.4 Å². The predicted octanol–water partition coefficient (Wildman–Crippen LogP) is 9.14. The summed E-state index contributed by atoms with van der Waals surface area (Å²) in [6.45, 7) is 23.2. The largest absolute Gasteiger partial charge is 0.481 e. The molecule has 0 spiro atoms. The lowest BCUT2D eigenvalue weighted by Crippen LogP contribution is -2.67. The maximum Gasteiger partial charge on any atom is 0.306 e. The molecule has 5 aliphatic carbocycles. The third-order valence-corrected chi connectivity index (χ3v) is 16.1. The molecule has 0 aromatic carbocycles. The van der Waals surface area contributed by atoms with Gasteiger partial charge in [-0.25, -0.2) is 4.98 Å². The number of aliphatic carboxylic acids is 1. The van der Waals surface area contributed by atoms with Crippen LogP contribution in [0.25, 0.3) is 0 Å². The number of carboxylic acid groups (broad SMARTS) is 1. The molecule has 278 valence electrons. The number of hydrogen-bond donors (Lipinski definition) is 2. The minimum absolute atomic E-state index is 0.00171. The first-order chi connectivity index (χ1) is 23.3. The maximum atomic E-state index is 13.6. The van der Waals surface area contributed by atoms with E-state index in [2.05, 4.69) is 58.4 Å². The number of oxazole rings is 1. The second kappa shape index (κ2) is 12.8. The lowest BCUT2D eigenvalue weighted by atomic mass is 9.32. The molecule has 1 amide bonds. The average Bonchev–Trinajstić information content (AvgIpc) is 3.65. The molecule has 10 atom stereocenters. The summed E-state index contributed by atoms with van der Waals surface area (Å²) in [6, 6.07) is 0. The molecule has 50 heavy (non-hydrogen) atoms. The zero-order valence-electron chi connectivity index (χ0n) is 32.2. The molecule has 1 aromatic rings. The van der Waals surface area contributed by atoms with Crippen LogP contribution in [0.5, 0.6) is 0 Å². The van der Waals surface area contributed by atoms with E-state index in [1.54, 1.807) is 12.5 Å². The fourth-order valence-electron chi connectivity index (χ4n) is 13.7. The number of carbonyl (C=O) groups excluding carboxylic acids is 2. The van der Waals surface area contributed by atoms with Gasteiger partial charge in [0.15, 0.2) is 0 Å². The number of rotatable bonds is 10. The van der Waals surface area contributed by atoms with Crippen molar-refractivity contribution in [2.24, 2.45) is 62.1 Å². The summed E-state index contributed by atoms with van der Waals surface area (Å²) in [5, 5.41) is 12.5. The van der Waals surface area contributed by atoms with E-state index in [1.165, 1.54) is 24.8 Å². The van der Waals surface area contributed by atoms with Crippen molar-refractivity contribution in [1.82, 2.24) is 10.3 Å². The SMILES string of the molecule is C=C(C)[C@@H]1CC[C@]2(CC(=O)NCc3ncco3)CC[C@]3(C)[C@H](CC[C@@H]4[C@@]5(C)CC[C@H](OC(=O)CC(C)(C)CC(=O)O)C(C)(C)[C@@H]5CC[C@]43C)[C@@H]12. The maximum absolute atomic E-state index is 13.6. The fraction of sp³-hybridized carbons (Fsp3) is 0.810. The van der Waals surface area contributed by atoms with Crippen molar-refractivity contribution >= 4 is 17.8 Å². The van der Waals surface area contributed by atoms with Gasteiger partial charge in [0, 0.05) is 11.8 Å². The molecule has 6 rings (SSSR count). The van der Waals surface area contributed by atoms with Crippen molar-refractivity contribution in [1.29, 1.82) is 0 Å². The van der Waals surface area contributed by atoms with Gasteiger partial charge in [0.2, 0.25) is 11.8 Å². The molecule has 0 unspecified atom stereocenters. The van der Waals surface area contributed by atoms with Gasteiger partial charge in [-0.2, -0.15) is 0 Å². The van der Waals surface area contributed by atoms with Crippen LogP contribution in [0.1, 0.15) is 145 Å². The molecule has 0 radical (unpaired) electrons. The zero-order chi connectivity index (χ0) is 36.5. The summed E-state index contributed by atoms with van der Waals surface area (Å²) < 4.78 is 11.7. The molecule has 8 nitrogen and oxygen atoms in total. The Morgan fingerprint density at radius 1 is 0.960 bits per heavy atom. The summed E-state index contributed by atoms with van der Waals surface area (Å²) >= 11 is 0. The number of ether oxygens (including phenoxy) is 1. The normalized spacial score (nSPS) is 40.4. The van der Waals surface area contributed by atoms with Crippen LogP contribution in [-0.4, -0.2) is 34.0 Å². The molecule has 5 saturated carbocycles. The number of hydrogen-bond acceptors (Lipinski definition) is 6. The van der Waals surface area contributed by atoms with Gasteiger partial charge < -0.3 is 19.6 Å². The average molecular weight is 693 g/mol. The van der Waals surface area contributed by atoms with Gasteiger partial charge in [0.05, 0.1) is 25.6 Å². The van der Waals surface area contributed by atoms with Gasteiger partial charge in [0.25, 0.3) is 0 Å². The Kier molecular flexibility index (Phi) is 9.50. The Morgan fingerprint density at radius 2 is 1.70 bits per heavy atom. The van der Waals surface area contributed by atoms with E-state index >= 15 is 0 Å². The monoisotopic (exact) mass is 692 g/mol. The number of nitrogens with zero attached hydrogens (tertiary/aromatic N) is 1.